The summed E-state index contributed by atoms with van der Waals surface area (Å²) in [6.45, 7) is 16.6. The zero-order valence-corrected chi connectivity index (χ0v) is 11.8. The maximum absolute atomic E-state index is 3.52. The highest BCUT2D eigenvalue weighted by molar-refractivity contribution is 4.86. The van der Waals surface area contributed by atoms with Crippen LogP contribution in [0.25, 0.3) is 0 Å². The van der Waals surface area contributed by atoms with Gasteiger partial charge < -0.3 is 5.32 Å². The average Bonchev–Trinajstić information content (AvgIpc) is 2.66. The first-order valence-corrected chi connectivity index (χ1v) is 6.90. The molecule has 2 atom stereocenters. The van der Waals surface area contributed by atoms with Gasteiger partial charge in [-0.2, -0.15) is 0 Å². The Kier molecular flexibility index (Phi) is 5.26. The highest BCUT2D eigenvalue weighted by Gasteiger charge is 2.33. The summed E-state index contributed by atoms with van der Waals surface area (Å²) in [5.74, 6) is 0.876. The summed E-state index contributed by atoms with van der Waals surface area (Å²) < 4.78 is 0. The van der Waals surface area contributed by atoms with Gasteiger partial charge in [-0.1, -0.05) is 27.7 Å². The molecule has 2 heteroatoms. The summed E-state index contributed by atoms with van der Waals surface area (Å²) in [7, 11) is 0. The van der Waals surface area contributed by atoms with Crippen LogP contribution in [0.4, 0.5) is 0 Å². The predicted molar refractivity (Wildman–Crippen MR) is 71.8 cm³/mol. The molecule has 0 spiro atoms. The quantitative estimate of drug-likeness (QED) is 0.725. The van der Waals surface area contributed by atoms with Gasteiger partial charge in [-0.15, -0.1) is 0 Å². The minimum Gasteiger partial charge on any atom is -0.315 e. The molecule has 1 rings (SSSR count). The molecule has 0 aliphatic carbocycles. The molecule has 16 heavy (non-hydrogen) atoms. The van der Waals surface area contributed by atoms with Crippen LogP contribution < -0.4 is 5.32 Å². The van der Waals surface area contributed by atoms with E-state index in [0.717, 1.165) is 19.0 Å². The molecule has 96 valence electrons. The monoisotopic (exact) mass is 226 g/mol. The molecule has 0 aromatic rings. The molecule has 1 saturated heterocycles. The van der Waals surface area contributed by atoms with E-state index < -0.39 is 0 Å². The zero-order chi connectivity index (χ0) is 12.2. The molecule has 2 nitrogen and oxygen atoms in total. The second-order valence-corrected chi connectivity index (χ2v) is 6.40. The number of likely N-dealkylation sites (tertiary alicyclic amines) is 1. The van der Waals surface area contributed by atoms with E-state index in [1.807, 2.05) is 0 Å². The molecule has 0 radical (unpaired) electrons. The lowest BCUT2D eigenvalue weighted by Crippen LogP contribution is -2.40. The number of nitrogens with zero attached hydrogens (tertiary/aromatic N) is 1. The van der Waals surface area contributed by atoms with Crippen molar-refractivity contribution < 1.29 is 0 Å². The molecule has 1 aliphatic heterocycles. The van der Waals surface area contributed by atoms with E-state index in [2.05, 4.69) is 44.8 Å². The molecule has 1 N–H and O–H groups in total. The van der Waals surface area contributed by atoms with Crippen molar-refractivity contribution in [2.45, 2.75) is 53.5 Å². The van der Waals surface area contributed by atoms with E-state index in [9.17, 15) is 0 Å². The van der Waals surface area contributed by atoms with Crippen LogP contribution in [0.1, 0.15) is 47.5 Å². The SMILES string of the molecule is CCCNCC(C)N1CCC(C(C)(C)C)C1. The highest BCUT2D eigenvalue weighted by atomic mass is 15.2. The standard InChI is InChI=1S/C14H30N2/c1-6-8-15-10-12(2)16-9-7-13(11-16)14(3,4)5/h12-13,15H,6-11H2,1-5H3. The lowest BCUT2D eigenvalue weighted by molar-refractivity contribution is 0.199. The summed E-state index contributed by atoms with van der Waals surface area (Å²) in [6.07, 6.45) is 2.61. The first kappa shape index (κ1) is 14.0. The van der Waals surface area contributed by atoms with Crippen LogP contribution in [0.5, 0.6) is 0 Å². The number of hydrogen-bond donors (Lipinski definition) is 1. The van der Waals surface area contributed by atoms with E-state index in [4.69, 9.17) is 0 Å². The van der Waals surface area contributed by atoms with Crippen LogP contribution in [0.3, 0.4) is 0 Å². The molecular formula is C14H30N2. The lowest BCUT2D eigenvalue weighted by atomic mass is 9.80. The van der Waals surface area contributed by atoms with Crippen LogP contribution in [0.15, 0.2) is 0 Å². The first-order valence-electron chi connectivity index (χ1n) is 6.90. The summed E-state index contributed by atoms with van der Waals surface area (Å²) in [5.41, 5.74) is 0.477. The summed E-state index contributed by atoms with van der Waals surface area (Å²) in [4.78, 5) is 2.65. The van der Waals surface area contributed by atoms with E-state index in [-0.39, 0.29) is 0 Å². The van der Waals surface area contributed by atoms with Crippen LogP contribution in [0.2, 0.25) is 0 Å². The smallest absolute Gasteiger partial charge is 0.0192 e. The third-order valence-electron chi connectivity index (χ3n) is 3.93. The molecule has 0 bridgehead atoms. The highest BCUT2D eigenvalue weighted by Crippen LogP contribution is 2.34. The van der Waals surface area contributed by atoms with Gasteiger partial charge in [-0.05, 0) is 44.2 Å². The molecule has 1 aliphatic rings. The Balaban J connectivity index is 2.29. The second kappa shape index (κ2) is 6.02. The van der Waals surface area contributed by atoms with Gasteiger partial charge in [0, 0.05) is 19.1 Å². The predicted octanol–water partition coefficient (Wildman–Crippen LogP) is 2.74. The fourth-order valence-corrected chi connectivity index (χ4v) is 2.51. The summed E-state index contributed by atoms with van der Waals surface area (Å²) in [5, 5.41) is 3.52. The van der Waals surface area contributed by atoms with Crippen LogP contribution in [0, 0.1) is 11.3 Å². The Morgan fingerprint density at radius 2 is 2.06 bits per heavy atom. The minimum atomic E-state index is 0.477. The summed E-state index contributed by atoms with van der Waals surface area (Å²) >= 11 is 0. The van der Waals surface area contributed by atoms with Crippen molar-refractivity contribution in [1.82, 2.24) is 10.2 Å². The van der Waals surface area contributed by atoms with Crippen molar-refractivity contribution in [1.29, 1.82) is 0 Å². The van der Waals surface area contributed by atoms with Gasteiger partial charge >= 0.3 is 0 Å². The van der Waals surface area contributed by atoms with Crippen LogP contribution >= 0.6 is 0 Å². The van der Waals surface area contributed by atoms with Crippen molar-refractivity contribution in [2.24, 2.45) is 11.3 Å². The Morgan fingerprint density at radius 1 is 1.38 bits per heavy atom. The molecule has 0 aromatic heterocycles. The van der Waals surface area contributed by atoms with Crippen molar-refractivity contribution in [2.75, 3.05) is 26.2 Å². The Labute approximate surface area is 102 Å². The third kappa shape index (κ3) is 4.06. The molecule has 0 aromatic carbocycles. The van der Waals surface area contributed by atoms with Gasteiger partial charge in [0.2, 0.25) is 0 Å². The topological polar surface area (TPSA) is 15.3 Å². The van der Waals surface area contributed by atoms with E-state index in [0.29, 0.717) is 11.5 Å². The molecule has 2 unspecified atom stereocenters. The molecule has 0 amide bonds. The van der Waals surface area contributed by atoms with E-state index >= 15 is 0 Å². The van der Waals surface area contributed by atoms with Crippen LogP contribution in [-0.2, 0) is 0 Å². The molecule has 1 fully saturated rings. The van der Waals surface area contributed by atoms with Crippen molar-refractivity contribution in [3.63, 3.8) is 0 Å². The zero-order valence-electron chi connectivity index (χ0n) is 11.8. The molecule has 1 heterocycles. The van der Waals surface area contributed by atoms with Gasteiger partial charge in [0.15, 0.2) is 0 Å². The number of nitrogens with one attached hydrogen (secondary N) is 1. The summed E-state index contributed by atoms with van der Waals surface area (Å²) in [6, 6.07) is 0.693. The number of rotatable bonds is 5. The Hall–Kier alpha value is -0.0800. The van der Waals surface area contributed by atoms with Gasteiger partial charge in [-0.3, -0.25) is 4.90 Å². The van der Waals surface area contributed by atoms with Crippen molar-refractivity contribution in [3.05, 3.63) is 0 Å². The van der Waals surface area contributed by atoms with E-state index in [1.54, 1.807) is 0 Å². The average molecular weight is 226 g/mol. The maximum atomic E-state index is 3.52. The Bertz CT molecular complexity index is 195. The molecule has 0 saturated carbocycles. The van der Waals surface area contributed by atoms with E-state index in [1.165, 1.54) is 25.9 Å². The van der Waals surface area contributed by atoms with Gasteiger partial charge in [0.1, 0.15) is 0 Å². The molecular weight excluding hydrogens is 196 g/mol. The fourth-order valence-electron chi connectivity index (χ4n) is 2.51. The lowest BCUT2D eigenvalue weighted by Gasteiger charge is -2.29. The third-order valence-corrected chi connectivity index (χ3v) is 3.93. The maximum Gasteiger partial charge on any atom is 0.0192 e. The number of hydrogen-bond acceptors (Lipinski definition) is 2. The van der Waals surface area contributed by atoms with Gasteiger partial charge in [0.25, 0.3) is 0 Å². The fraction of sp³-hybridized carbons (Fsp3) is 1.00. The minimum absolute atomic E-state index is 0.477. The normalized spacial score (nSPS) is 24.9. The van der Waals surface area contributed by atoms with Gasteiger partial charge in [-0.25, -0.2) is 0 Å². The van der Waals surface area contributed by atoms with Gasteiger partial charge in [0.05, 0.1) is 0 Å². The second-order valence-electron chi connectivity index (χ2n) is 6.40. The first-order chi connectivity index (χ1) is 7.45. The van der Waals surface area contributed by atoms with Crippen molar-refractivity contribution in [3.8, 4) is 0 Å². The van der Waals surface area contributed by atoms with Crippen molar-refractivity contribution >= 4 is 0 Å². The largest absolute Gasteiger partial charge is 0.315 e. The Morgan fingerprint density at radius 3 is 2.56 bits per heavy atom. The van der Waals surface area contributed by atoms with Crippen LogP contribution in [-0.4, -0.2) is 37.1 Å².